The maximum absolute atomic E-state index is 3.78. The standard InChI is InChI=1S/C17H36N4/c1-15(2)20-10-6-17(18-7-11-20)14-16(3)21-9-5-8-19(4)12-13-21/h15-18H,5-14H2,1-4H3. The molecule has 0 aromatic carbocycles. The SMILES string of the molecule is CC(C)N1CCNC(CC(C)N2CCCN(C)CC2)CC1. The molecule has 2 fully saturated rings. The molecule has 4 heteroatoms. The topological polar surface area (TPSA) is 21.8 Å². The lowest BCUT2D eigenvalue weighted by Crippen LogP contribution is -2.41. The van der Waals surface area contributed by atoms with Gasteiger partial charge in [0.05, 0.1) is 0 Å². The Kier molecular flexibility index (Phi) is 6.93. The van der Waals surface area contributed by atoms with Gasteiger partial charge in [0.2, 0.25) is 0 Å². The van der Waals surface area contributed by atoms with Crippen molar-refractivity contribution in [2.75, 3.05) is 52.9 Å². The molecule has 0 radical (unpaired) electrons. The highest BCUT2D eigenvalue weighted by Gasteiger charge is 2.23. The van der Waals surface area contributed by atoms with Crippen LogP contribution in [0.2, 0.25) is 0 Å². The predicted octanol–water partition coefficient (Wildman–Crippen LogP) is 1.47. The molecule has 2 unspecified atom stereocenters. The van der Waals surface area contributed by atoms with E-state index in [1.165, 1.54) is 58.5 Å². The third-order valence-electron chi connectivity index (χ3n) is 5.33. The first-order chi connectivity index (χ1) is 10.1. The lowest BCUT2D eigenvalue weighted by molar-refractivity contribution is 0.189. The van der Waals surface area contributed by atoms with Crippen LogP contribution in [0.25, 0.3) is 0 Å². The number of nitrogens with one attached hydrogen (secondary N) is 1. The molecule has 124 valence electrons. The van der Waals surface area contributed by atoms with Crippen molar-refractivity contribution in [1.82, 2.24) is 20.0 Å². The van der Waals surface area contributed by atoms with Crippen molar-refractivity contribution in [3.8, 4) is 0 Å². The summed E-state index contributed by atoms with van der Waals surface area (Å²) in [5, 5.41) is 3.78. The van der Waals surface area contributed by atoms with Crippen molar-refractivity contribution in [3.05, 3.63) is 0 Å². The van der Waals surface area contributed by atoms with Gasteiger partial charge in [-0.3, -0.25) is 9.80 Å². The lowest BCUT2D eigenvalue weighted by Gasteiger charge is -2.30. The maximum Gasteiger partial charge on any atom is 0.0112 e. The van der Waals surface area contributed by atoms with Crippen molar-refractivity contribution in [3.63, 3.8) is 0 Å². The van der Waals surface area contributed by atoms with Crippen LogP contribution < -0.4 is 5.32 Å². The molecule has 21 heavy (non-hydrogen) atoms. The van der Waals surface area contributed by atoms with Gasteiger partial charge in [-0.1, -0.05) is 0 Å². The molecule has 2 atom stereocenters. The molecule has 2 saturated heterocycles. The van der Waals surface area contributed by atoms with E-state index in [1.807, 2.05) is 0 Å². The van der Waals surface area contributed by atoms with E-state index < -0.39 is 0 Å². The third kappa shape index (κ3) is 5.51. The molecular formula is C17H36N4. The Morgan fingerprint density at radius 1 is 0.952 bits per heavy atom. The van der Waals surface area contributed by atoms with E-state index in [9.17, 15) is 0 Å². The molecule has 0 spiro atoms. The van der Waals surface area contributed by atoms with Crippen LogP contribution in [0.4, 0.5) is 0 Å². The summed E-state index contributed by atoms with van der Waals surface area (Å²) < 4.78 is 0. The Hall–Kier alpha value is -0.160. The van der Waals surface area contributed by atoms with Crippen LogP contribution in [0.3, 0.4) is 0 Å². The smallest absolute Gasteiger partial charge is 0.0112 e. The number of nitrogens with zero attached hydrogens (tertiary/aromatic N) is 3. The van der Waals surface area contributed by atoms with Gasteiger partial charge in [-0.05, 0) is 66.7 Å². The number of hydrogen-bond acceptors (Lipinski definition) is 4. The normalized spacial score (nSPS) is 29.3. The Labute approximate surface area is 131 Å². The van der Waals surface area contributed by atoms with Gasteiger partial charge in [0.25, 0.3) is 0 Å². The largest absolute Gasteiger partial charge is 0.313 e. The molecule has 2 rings (SSSR count). The summed E-state index contributed by atoms with van der Waals surface area (Å²) in [6.45, 7) is 15.7. The van der Waals surface area contributed by atoms with Gasteiger partial charge in [-0.2, -0.15) is 0 Å². The quantitative estimate of drug-likeness (QED) is 0.848. The maximum atomic E-state index is 3.78. The van der Waals surface area contributed by atoms with Gasteiger partial charge < -0.3 is 10.2 Å². The zero-order valence-electron chi connectivity index (χ0n) is 14.6. The van der Waals surface area contributed by atoms with E-state index in [-0.39, 0.29) is 0 Å². The highest BCUT2D eigenvalue weighted by molar-refractivity contribution is 4.82. The molecule has 0 aliphatic carbocycles. The minimum atomic E-state index is 0.684. The molecule has 4 nitrogen and oxygen atoms in total. The molecule has 2 aliphatic heterocycles. The van der Waals surface area contributed by atoms with Crippen LogP contribution in [0.15, 0.2) is 0 Å². The summed E-state index contributed by atoms with van der Waals surface area (Å²) in [6, 6.07) is 2.09. The van der Waals surface area contributed by atoms with Gasteiger partial charge in [-0.15, -0.1) is 0 Å². The average Bonchev–Trinajstić information content (AvgIpc) is 2.79. The van der Waals surface area contributed by atoms with Crippen LogP contribution in [-0.2, 0) is 0 Å². The summed E-state index contributed by atoms with van der Waals surface area (Å²) in [4.78, 5) is 7.78. The molecule has 0 saturated carbocycles. The van der Waals surface area contributed by atoms with Gasteiger partial charge >= 0.3 is 0 Å². The first-order valence-corrected chi connectivity index (χ1v) is 8.96. The number of rotatable bonds is 4. The molecule has 0 aromatic rings. The van der Waals surface area contributed by atoms with Gasteiger partial charge in [0.15, 0.2) is 0 Å². The molecule has 0 amide bonds. The second kappa shape index (κ2) is 8.47. The molecule has 2 heterocycles. The molecule has 2 aliphatic rings. The van der Waals surface area contributed by atoms with Crippen LogP contribution in [0, 0.1) is 0 Å². The van der Waals surface area contributed by atoms with Crippen molar-refractivity contribution < 1.29 is 0 Å². The minimum absolute atomic E-state index is 0.684. The number of hydrogen-bond donors (Lipinski definition) is 1. The van der Waals surface area contributed by atoms with Crippen molar-refractivity contribution in [2.45, 2.75) is 58.2 Å². The minimum Gasteiger partial charge on any atom is -0.313 e. The Morgan fingerprint density at radius 2 is 1.76 bits per heavy atom. The third-order valence-corrected chi connectivity index (χ3v) is 5.33. The second-order valence-electron chi connectivity index (χ2n) is 7.35. The van der Waals surface area contributed by atoms with Crippen molar-refractivity contribution >= 4 is 0 Å². The highest BCUT2D eigenvalue weighted by Crippen LogP contribution is 2.15. The fourth-order valence-electron chi connectivity index (χ4n) is 3.73. The predicted molar refractivity (Wildman–Crippen MR) is 90.9 cm³/mol. The van der Waals surface area contributed by atoms with Crippen LogP contribution in [0.5, 0.6) is 0 Å². The van der Waals surface area contributed by atoms with Gasteiger partial charge in [-0.25, -0.2) is 0 Å². The monoisotopic (exact) mass is 296 g/mol. The lowest BCUT2D eigenvalue weighted by atomic mass is 10.0. The molecule has 0 bridgehead atoms. The first kappa shape index (κ1) is 17.2. The molecular weight excluding hydrogens is 260 g/mol. The summed E-state index contributed by atoms with van der Waals surface area (Å²) in [6.07, 6.45) is 3.92. The van der Waals surface area contributed by atoms with Crippen molar-refractivity contribution in [2.24, 2.45) is 0 Å². The summed E-state index contributed by atoms with van der Waals surface area (Å²) in [7, 11) is 2.25. The van der Waals surface area contributed by atoms with Gasteiger partial charge in [0.1, 0.15) is 0 Å². The number of likely N-dealkylation sites (N-methyl/N-ethyl adjacent to an activating group) is 1. The van der Waals surface area contributed by atoms with Crippen LogP contribution in [-0.4, -0.2) is 85.7 Å². The van der Waals surface area contributed by atoms with E-state index in [0.29, 0.717) is 18.1 Å². The van der Waals surface area contributed by atoms with E-state index in [1.54, 1.807) is 0 Å². The average molecular weight is 297 g/mol. The summed E-state index contributed by atoms with van der Waals surface area (Å²) in [5.41, 5.74) is 0. The highest BCUT2D eigenvalue weighted by atomic mass is 15.2. The fraction of sp³-hybridized carbons (Fsp3) is 1.00. The second-order valence-corrected chi connectivity index (χ2v) is 7.35. The van der Waals surface area contributed by atoms with Crippen molar-refractivity contribution in [1.29, 1.82) is 0 Å². The van der Waals surface area contributed by atoms with Crippen LogP contribution >= 0.6 is 0 Å². The Bertz CT molecular complexity index is 295. The first-order valence-electron chi connectivity index (χ1n) is 8.96. The summed E-state index contributed by atoms with van der Waals surface area (Å²) in [5.74, 6) is 0. The van der Waals surface area contributed by atoms with Crippen LogP contribution in [0.1, 0.15) is 40.0 Å². The van der Waals surface area contributed by atoms with Gasteiger partial charge in [0, 0.05) is 44.3 Å². The Morgan fingerprint density at radius 3 is 2.52 bits per heavy atom. The molecule has 0 aromatic heterocycles. The fourth-order valence-corrected chi connectivity index (χ4v) is 3.73. The van der Waals surface area contributed by atoms with E-state index in [4.69, 9.17) is 0 Å². The summed E-state index contributed by atoms with van der Waals surface area (Å²) >= 11 is 0. The zero-order chi connectivity index (χ0) is 15.2. The van der Waals surface area contributed by atoms with E-state index >= 15 is 0 Å². The van der Waals surface area contributed by atoms with E-state index in [2.05, 4.69) is 47.8 Å². The molecule has 1 N–H and O–H groups in total. The zero-order valence-corrected chi connectivity index (χ0v) is 14.6. The Balaban J connectivity index is 1.77. The van der Waals surface area contributed by atoms with E-state index in [0.717, 1.165) is 6.54 Å².